The molecule has 0 radical (unpaired) electrons. The van der Waals surface area contributed by atoms with Crippen molar-refractivity contribution in [3.63, 3.8) is 0 Å². The van der Waals surface area contributed by atoms with Gasteiger partial charge in [-0.1, -0.05) is 36.4 Å². The molecule has 232 valence electrons. The first-order chi connectivity index (χ1) is 20.7. The van der Waals surface area contributed by atoms with Crippen LogP contribution in [0.25, 0.3) is 0 Å². The monoisotopic (exact) mass is 612 g/mol. The third-order valence-corrected chi connectivity index (χ3v) is 6.60. The van der Waals surface area contributed by atoms with Gasteiger partial charge in [0.15, 0.2) is 11.4 Å². The Bertz CT molecular complexity index is 1650. The number of carbonyl (C=O) groups is 3. The molecular weight excluding hydrogens is 581 g/mol. The Hall–Kier alpha value is -5.07. The first-order valence-corrected chi connectivity index (χ1v) is 13.5. The number of aromatic nitrogens is 1. The molecule has 0 aliphatic carbocycles. The van der Waals surface area contributed by atoms with E-state index in [9.17, 15) is 32.3 Å². The molecule has 1 aromatic heterocycles. The molecule has 0 fully saturated rings. The second kappa shape index (κ2) is 12.7. The van der Waals surface area contributed by atoms with Gasteiger partial charge in [0.2, 0.25) is 5.43 Å². The Morgan fingerprint density at radius 1 is 1.09 bits per heavy atom. The average Bonchev–Trinajstić information content (AvgIpc) is 2.95. The van der Waals surface area contributed by atoms with Gasteiger partial charge in [-0.3, -0.25) is 14.4 Å². The maximum absolute atomic E-state index is 14.2. The van der Waals surface area contributed by atoms with Gasteiger partial charge >= 0.3 is 6.09 Å². The number of hydrogen-bond donors (Lipinski definition) is 1. The van der Waals surface area contributed by atoms with Crippen molar-refractivity contribution in [2.24, 2.45) is 0 Å². The van der Waals surface area contributed by atoms with E-state index in [0.29, 0.717) is 17.7 Å². The highest BCUT2D eigenvalue weighted by atomic mass is 19.1. The molecule has 2 aromatic carbocycles. The summed E-state index contributed by atoms with van der Waals surface area (Å²) in [5, 5.41) is 3.25. The number of ether oxygens (including phenoxy) is 2. The topological polar surface area (TPSA) is 110 Å². The van der Waals surface area contributed by atoms with E-state index in [4.69, 9.17) is 9.47 Å². The molecule has 0 unspecified atom stereocenters. The predicted octanol–water partition coefficient (Wildman–Crippen LogP) is 4.64. The van der Waals surface area contributed by atoms with Crippen LogP contribution in [-0.4, -0.2) is 45.8 Å². The van der Waals surface area contributed by atoms with E-state index in [0.717, 1.165) is 15.9 Å². The molecule has 1 aliphatic rings. The Kier molecular flexibility index (Phi) is 9.16. The first kappa shape index (κ1) is 31.9. The summed E-state index contributed by atoms with van der Waals surface area (Å²) in [6.07, 6.45) is 1.52. The molecule has 44 heavy (non-hydrogen) atoms. The van der Waals surface area contributed by atoms with Gasteiger partial charge in [-0.25, -0.2) is 22.6 Å². The van der Waals surface area contributed by atoms with Crippen molar-refractivity contribution >= 4 is 17.9 Å². The minimum absolute atomic E-state index is 0.184. The Morgan fingerprint density at radius 2 is 1.73 bits per heavy atom. The van der Waals surface area contributed by atoms with Gasteiger partial charge in [0, 0.05) is 36.5 Å². The molecule has 0 saturated heterocycles. The van der Waals surface area contributed by atoms with E-state index in [1.807, 2.05) is 0 Å². The fourth-order valence-corrected chi connectivity index (χ4v) is 4.31. The maximum atomic E-state index is 14.2. The Morgan fingerprint density at radius 3 is 2.32 bits per heavy atom. The number of benzene rings is 2. The first-order valence-electron chi connectivity index (χ1n) is 13.5. The largest absolute Gasteiger partial charge is 0.482 e. The van der Waals surface area contributed by atoms with Crippen LogP contribution in [0.4, 0.5) is 18.0 Å². The van der Waals surface area contributed by atoms with E-state index < -0.39 is 75.9 Å². The summed E-state index contributed by atoms with van der Waals surface area (Å²) in [7, 11) is 0. The van der Waals surface area contributed by atoms with Crippen molar-refractivity contribution < 1.29 is 37.0 Å². The summed E-state index contributed by atoms with van der Waals surface area (Å²) in [5.41, 5.74) is -2.95. The molecule has 3 amide bonds. The lowest BCUT2D eigenvalue weighted by molar-refractivity contribution is 0.0433. The number of nitrogens with one attached hydrogen (secondary N) is 1. The molecule has 4 rings (SSSR count). The molecule has 13 heteroatoms. The van der Waals surface area contributed by atoms with Gasteiger partial charge in [0.05, 0.1) is 0 Å². The van der Waals surface area contributed by atoms with Crippen LogP contribution in [0, 0.1) is 17.5 Å². The van der Waals surface area contributed by atoms with Crippen LogP contribution in [0.1, 0.15) is 59.7 Å². The van der Waals surface area contributed by atoms with Crippen molar-refractivity contribution in [2.75, 3.05) is 11.7 Å². The van der Waals surface area contributed by atoms with Gasteiger partial charge < -0.3 is 19.7 Å². The second-order valence-electron chi connectivity index (χ2n) is 11.0. The van der Waals surface area contributed by atoms with Crippen molar-refractivity contribution in [3.05, 3.63) is 111 Å². The molecule has 1 aliphatic heterocycles. The lowest BCUT2D eigenvalue weighted by Crippen LogP contribution is -2.59. The third kappa shape index (κ3) is 6.77. The van der Waals surface area contributed by atoms with Gasteiger partial charge in [0.25, 0.3) is 11.8 Å². The maximum Gasteiger partial charge on any atom is 0.431 e. The summed E-state index contributed by atoms with van der Waals surface area (Å²) in [4.78, 5) is 55.5. The van der Waals surface area contributed by atoms with E-state index in [2.05, 4.69) is 11.9 Å². The lowest BCUT2D eigenvalue weighted by Gasteiger charge is -2.40. The molecule has 0 bridgehead atoms. The summed E-state index contributed by atoms with van der Waals surface area (Å²) < 4.78 is 54.2. The smallest absolute Gasteiger partial charge is 0.431 e. The molecule has 3 aromatic rings. The second-order valence-corrected chi connectivity index (χ2v) is 11.0. The Labute approximate surface area is 251 Å². The fraction of sp³-hybridized carbons (Fsp3) is 0.290. The van der Waals surface area contributed by atoms with Gasteiger partial charge in [-0.15, -0.1) is 6.58 Å². The highest BCUT2D eigenvalue weighted by molar-refractivity contribution is 6.01. The molecule has 2 heterocycles. The predicted molar refractivity (Wildman–Crippen MR) is 154 cm³/mol. The van der Waals surface area contributed by atoms with Crippen LogP contribution < -0.4 is 20.5 Å². The SMILES string of the molecule is C=C[C@H](C)N1CN(C(=O)OC(C)(C)C)n2cc(C(=O)NCc3c(F)cc(F)cc3F)c(=O)c(OCc3ccccc3)c2C1=O. The van der Waals surface area contributed by atoms with E-state index in [1.54, 1.807) is 58.0 Å². The molecular formula is C31H31F3N4O6. The van der Waals surface area contributed by atoms with Crippen LogP contribution in [-0.2, 0) is 17.9 Å². The fourth-order valence-electron chi connectivity index (χ4n) is 4.31. The van der Waals surface area contributed by atoms with Crippen LogP contribution >= 0.6 is 0 Å². The zero-order chi connectivity index (χ0) is 32.3. The number of fused-ring (bicyclic) bond motifs is 1. The van der Waals surface area contributed by atoms with Gasteiger partial charge in [-0.2, -0.15) is 5.01 Å². The third-order valence-electron chi connectivity index (χ3n) is 6.60. The number of halogens is 3. The average molecular weight is 613 g/mol. The summed E-state index contributed by atoms with van der Waals surface area (Å²) >= 11 is 0. The molecule has 1 N–H and O–H groups in total. The number of nitrogens with zero attached hydrogens (tertiary/aromatic N) is 3. The van der Waals surface area contributed by atoms with Crippen LogP contribution in [0.5, 0.6) is 5.75 Å². The van der Waals surface area contributed by atoms with Crippen LogP contribution in [0.3, 0.4) is 0 Å². The zero-order valence-corrected chi connectivity index (χ0v) is 24.5. The highest BCUT2D eigenvalue weighted by Gasteiger charge is 2.40. The normalized spacial score (nSPS) is 13.7. The van der Waals surface area contributed by atoms with Crippen LogP contribution in [0.2, 0.25) is 0 Å². The zero-order valence-electron chi connectivity index (χ0n) is 24.5. The van der Waals surface area contributed by atoms with E-state index in [-0.39, 0.29) is 19.0 Å². The minimum atomic E-state index is -1.24. The minimum Gasteiger partial charge on any atom is -0.482 e. The van der Waals surface area contributed by atoms with Crippen molar-refractivity contribution in [1.29, 1.82) is 0 Å². The van der Waals surface area contributed by atoms with Crippen LogP contribution in [0.15, 0.2) is 66.1 Å². The van der Waals surface area contributed by atoms with E-state index >= 15 is 0 Å². The lowest BCUT2D eigenvalue weighted by atomic mass is 10.1. The molecule has 1 atom stereocenters. The Balaban J connectivity index is 1.85. The number of amides is 3. The molecule has 0 spiro atoms. The number of rotatable bonds is 8. The summed E-state index contributed by atoms with van der Waals surface area (Å²) in [5.74, 6) is -5.96. The standard InChI is InChI=1S/C31H31F3N4O6/c1-6-18(2)36-17-38(30(42)44-31(3,4)5)37-15-22(28(40)35-14-21-23(33)12-20(32)13-24(21)34)26(39)27(25(37)29(36)41)43-16-19-10-8-7-9-11-19/h6-13,15,18H,1,14,16-17H2,2-5H3,(H,35,40)/t18-/m0/s1. The van der Waals surface area contributed by atoms with Crippen molar-refractivity contribution in [3.8, 4) is 5.75 Å². The van der Waals surface area contributed by atoms with Crippen molar-refractivity contribution in [2.45, 2.75) is 52.5 Å². The number of pyridine rings is 1. The summed E-state index contributed by atoms with van der Waals surface area (Å²) in [6.45, 7) is 9.02. The van der Waals surface area contributed by atoms with Gasteiger partial charge in [0.1, 0.15) is 41.9 Å². The van der Waals surface area contributed by atoms with E-state index in [1.165, 1.54) is 11.0 Å². The molecule has 10 nitrogen and oxygen atoms in total. The number of hydrogen-bond acceptors (Lipinski definition) is 6. The quantitative estimate of drug-likeness (QED) is 0.372. The number of carbonyl (C=O) groups excluding carboxylic acids is 3. The summed E-state index contributed by atoms with van der Waals surface area (Å²) in [6, 6.07) is 8.99. The molecule has 0 saturated carbocycles. The van der Waals surface area contributed by atoms with Gasteiger partial charge in [-0.05, 0) is 33.3 Å². The van der Waals surface area contributed by atoms with Crippen molar-refractivity contribution in [1.82, 2.24) is 14.9 Å². The highest BCUT2D eigenvalue weighted by Crippen LogP contribution is 2.26.